The Bertz CT molecular complexity index is 741. The maximum absolute atomic E-state index is 12.2. The van der Waals surface area contributed by atoms with Gasteiger partial charge in [-0.2, -0.15) is 0 Å². The lowest BCUT2D eigenvalue weighted by Crippen LogP contribution is -2.11. The van der Waals surface area contributed by atoms with E-state index in [0.717, 1.165) is 0 Å². The van der Waals surface area contributed by atoms with Crippen LogP contribution in [0.25, 0.3) is 0 Å². The highest BCUT2D eigenvalue weighted by atomic mass is 35.5. The van der Waals surface area contributed by atoms with Gasteiger partial charge in [-0.1, -0.05) is 29.3 Å². The number of benzene rings is 2. The van der Waals surface area contributed by atoms with E-state index in [1.54, 1.807) is 18.2 Å². The minimum atomic E-state index is -0.648. The molecule has 0 atom stereocenters. The van der Waals surface area contributed by atoms with Crippen LogP contribution in [0, 0.1) is 0 Å². The van der Waals surface area contributed by atoms with Gasteiger partial charge in [0.05, 0.1) is 23.3 Å². The Hall–Kier alpha value is -2.04. The zero-order chi connectivity index (χ0) is 16.3. The molecular formula is C16H12Cl2O4. The van der Waals surface area contributed by atoms with Crippen LogP contribution in [0.3, 0.4) is 0 Å². The molecule has 0 aliphatic carbocycles. The fraction of sp³-hybridized carbons (Fsp3) is 0.125. The number of hydrogen-bond acceptors (Lipinski definition) is 4. The highest BCUT2D eigenvalue weighted by Gasteiger charge is 2.19. The van der Waals surface area contributed by atoms with Crippen molar-refractivity contribution in [3.63, 3.8) is 0 Å². The number of ether oxygens (including phenoxy) is 2. The number of carbonyl (C=O) groups excluding carboxylic acids is 2. The molecule has 0 heterocycles. The van der Waals surface area contributed by atoms with Gasteiger partial charge in [-0.05, 0) is 37.3 Å². The Morgan fingerprint density at radius 1 is 1.09 bits per heavy atom. The van der Waals surface area contributed by atoms with E-state index in [1.807, 2.05) is 0 Å². The molecule has 0 spiro atoms. The third-order valence-corrected chi connectivity index (χ3v) is 3.39. The zero-order valence-corrected chi connectivity index (χ0v) is 13.4. The van der Waals surface area contributed by atoms with Gasteiger partial charge < -0.3 is 9.47 Å². The number of hydrogen-bond donors (Lipinski definition) is 0. The molecule has 0 radical (unpaired) electrons. The van der Waals surface area contributed by atoms with Gasteiger partial charge in [-0.25, -0.2) is 4.79 Å². The van der Waals surface area contributed by atoms with Gasteiger partial charge in [-0.3, -0.25) is 4.79 Å². The van der Waals surface area contributed by atoms with Gasteiger partial charge in [0, 0.05) is 5.02 Å². The van der Waals surface area contributed by atoms with Crippen LogP contribution >= 0.6 is 23.2 Å². The molecule has 0 saturated carbocycles. The molecule has 22 heavy (non-hydrogen) atoms. The lowest BCUT2D eigenvalue weighted by Gasteiger charge is -2.11. The fourth-order valence-corrected chi connectivity index (χ4v) is 2.36. The number of Topliss-reactive ketones (excluding diaryl/α,β-unsaturated/α-hetero) is 1. The third-order valence-electron chi connectivity index (χ3n) is 2.89. The summed E-state index contributed by atoms with van der Waals surface area (Å²) in [6.45, 7) is 1.34. The van der Waals surface area contributed by atoms with E-state index >= 15 is 0 Å². The number of esters is 1. The minimum absolute atomic E-state index is 0.00798. The summed E-state index contributed by atoms with van der Waals surface area (Å²) in [6, 6.07) is 9.27. The summed E-state index contributed by atoms with van der Waals surface area (Å²) in [5, 5.41) is 0.380. The molecule has 4 nitrogen and oxygen atoms in total. The van der Waals surface area contributed by atoms with E-state index in [2.05, 4.69) is 0 Å². The highest BCUT2D eigenvalue weighted by molar-refractivity contribution is 6.36. The second-order valence-electron chi connectivity index (χ2n) is 4.44. The predicted octanol–water partition coefficient (Wildman–Crippen LogP) is 4.42. The van der Waals surface area contributed by atoms with Crippen LogP contribution in [0.15, 0.2) is 36.4 Å². The molecule has 114 valence electrons. The monoisotopic (exact) mass is 338 g/mol. The van der Waals surface area contributed by atoms with Crippen LogP contribution in [0.5, 0.6) is 11.5 Å². The first kappa shape index (κ1) is 16.3. The first-order valence-corrected chi connectivity index (χ1v) is 7.04. The minimum Gasteiger partial charge on any atom is -0.497 e. The molecular weight excluding hydrogens is 327 g/mol. The molecule has 0 aromatic heterocycles. The van der Waals surface area contributed by atoms with Crippen LogP contribution in [0.1, 0.15) is 27.6 Å². The molecule has 0 fully saturated rings. The van der Waals surface area contributed by atoms with Gasteiger partial charge in [0.2, 0.25) is 0 Å². The number of halogens is 2. The van der Waals surface area contributed by atoms with Gasteiger partial charge in [-0.15, -0.1) is 0 Å². The Morgan fingerprint density at radius 2 is 1.82 bits per heavy atom. The lowest BCUT2D eigenvalue weighted by molar-refractivity contribution is 0.0732. The summed E-state index contributed by atoms with van der Waals surface area (Å²) >= 11 is 11.9. The molecule has 0 aliphatic rings. The largest absolute Gasteiger partial charge is 0.497 e. The van der Waals surface area contributed by atoms with E-state index in [4.69, 9.17) is 32.7 Å². The second-order valence-corrected chi connectivity index (χ2v) is 5.29. The third kappa shape index (κ3) is 3.59. The van der Waals surface area contributed by atoms with Crippen molar-refractivity contribution in [2.45, 2.75) is 6.92 Å². The quantitative estimate of drug-likeness (QED) is 0.470. The van der Waals surface area contributed by atoms with Crippen LogP contribution in [-0.2, 0) is 0 Å². The van der Waals surface area contributed by atoms with Crippen LogP contribution < -0.4 is 9.47 Å². The Labute approximate surface area is 137 Å². The number of methoxy groups -OCH3 is 1. The van der Waals surface area contributed by atoms with Gasteiger partial charge in [0.25, 0.3) is 0 Å². The van der Waals surface area contributed by atoms with Crippen LogP contribution in [-0.4, -0.2) is 18.9 Å². The average molecular weight is 339 g/mol. The average Bonchev–Trinajstić information content (AvgIpc) is 2.49. The van der Waals surface area contributed by atoms with E-state index in [9.17, 15) is 9.59 Å². The van der Waals surface area contributed by atoms with Crippen LogP contribution in [0.2, 0.25) is 10.0 Å². The second kappa shape index (κ2) is 6.81. The number of rotatable bonds is 4. The topological polar surface area (TPSA) is 52.6 Å². The van der Waals surface area contributed by atoms with Crippen molar-refractivity contribution in [3.05, 3.63) is 57.6 Å². The van der Waals surface area contributed by atoms with E-state index in [1.165, 1.54) is 32.2 Å². The lowest BCUT2D eigenvalue weighted by atomic mass is 10.1. The van der Waals surface area contributed by atoms with E-state index < -0.39 is 5.97 Å². The normalized spacial score (nSPS) is 10.2. The molecule has 0 saturated heterocycles. The molecule has 0 bridgehead atoms. The molecule has 2 rings (SSSR count). The maximum atomic E-state index is 12.2. The standard InChI is InChI=1S/C16H12Cl2O4/c1-9(19)13-7-11(17)8-14(18)15(13)22-16(20)10-4-3-5-12(6-10)21-2/h3-8H,1-2H3. The molecule has 6 heteroatoms. The van der Waals surface area contributed by atoms with Crippen LogP contribution in [0.4, 0.5) is 0 Å². The molecule has 0 N–H and O–H groups in total. The summed E-state index contributed by atoms with van der Waals surface area (Å²) < 4.78 is 10.3. The van der Waals surface area contributed by atoms with E-state index in [-0.39, 0.29) is 32.7 Å². The summed E-state index contributed by atoms with van der Waals surface area (Å²) in [7, 11) is 1.49. The highest BCUT2D eigenvalue weighted by Crippen LogP contribution is 2.33. The van der Waals surface area contributed by atoms with Crippen molar-refractivity contribution in [2.75, 3.05) is 7.11 Å². The summed E-state index contributed by atoms with van der Waals surface area (Å²) in [6.07, 6.45) is 0. The smallest absolute Gasteiger partial charge is 0.343 e. The maximum Gasteiger partial charge on any atom is 0.343 e. The summed E-state index contributed by atoms with van der Waals surface area (Å²) in [5.41, 5.74) is 0.425. The Kier molecular flexibility index (Phi) is 5.06. The van der Waals surface area contributed by atoms with Gasteiger partial charge in [0.1, 0.15) is 5.75 Å². The summed E-state index contributed by atoms with van der Waals surface area (Å²) in [5.74, 6) is -0.446. The molecule has 2 aromatic carbocycles. The SMILES string of the molecule is COc1cccc(C(=O)Oc2c(Cl)cc(Cl)cc2C(C)=O)c1. The predicted molar refractivity (Wildman–Crippen MR) is 84.4 cm³/mol. The number of ketones is 1. The Morgan fingerprint density at radius 3 is 2.45 bits per heavy atom. The molecule has 0 amide bonds. The first-order valence-electron chi connectivity index (χ1n) is 6.28. The van der Waals surface area contributed by atoms with E-state index in [0.29, 0.717) is 5.75 Å². The van der Waals surface area contributed by atoms with Gasteiger partial charge >= 0.3 is 5.97 Å². The Balaban J connectivity index is 2.37. The fourth-order valence-electron chi connectivity index (χ4n) is 1.83. The molecule has 2 aromatic rings. The van der Waals surface area contributed by atoms with Crippen molar-refractivity contribution in [3.8, 4) is 11.5 Å². The van der Waals surface area contributed by atoms with Crippen molar-refractivity contribution in [1.82, 2.24) is 0 Å². The summed E-state index contributed by atoms with van der Waals surface area (Å²) in [4.78, 5) is 23.9. The molecule has 0 aliphatic heterocycles. The van der Waals surface area contributed by atoms with Gasteiger partial charge in [0.15, 0.2) is 11.5 Å². The van der Waals surface area contributed by atoms with Crippen molar-refractivity contribution >= 4 is 35.0 Å². The zero-order valence-electron chi connectivity index (χ0n) is 11.9. The van der Waals surface area contributed by atoms with Crippen molar-refractivity contribution < 1.29 is 19.1 Å². The first-order chi connectivity index (χ1) is 10.4. The number of carbonyl (C=O) groups is 2. The molecule has 0 unspecified atom stereocenters. The van der Waals surface area contributed by atoms with Crippen molar-refractivity contribution in [2.24, 2.45) is 0 Å². The van der Waals surface area contributed by atoms with Crippen molar-refractivity contribution in [1.29, 1.82) is 0 Å².